The van der Waals surface area contributed by atoms with E-state index in [4.69, 9.17) is 9.47 Å². The number of ether oxygens (including phenoxy) is 2. The molecule has 0 bridgehead atoms. The number of alkyl carbamates (subject to hydrolysis) is 2. The van der Waals surface area contributed by atoms with E-state index in [0.29, 0.717) is 36.5 Å². The van der Waals surface area contributed by atoms with Crippen LogP contribution in [0.4, 0.5) is 9.59 Å². The standard InChI is InChI=1S/C69H106N10O12/c1-40(2)31-53(77-64(86)55(33-42(5)6)75-60(82)44(9)72-66(88)90-38-46-19-15-13-16-20-46)62(84)70-36-58(80)74-49-27-29-68(11)48(35-49)23-24-50-51-25-26-57(69(51,12)30-28-52(50)68)79-59(81)37-71-63(85)54(32-41(3)4)78-65(87)56(34-43(7)8)76-61(83)45(10)73-67(89)91-39-47-21-17-14-18-22-47/h13-22,40-45,48-57H,23-39H2,1-12H3,(H,70,84)(H,71,85)(H,72,88)(H,73,89)(H,74,80)(H,75,82)(H,76,83)(H,77,86)(H,78,87)(H,79,81). The Balaban J connectivity index is 0.946. The minimum Gasteiger partial charge on any atom is -0.445 e. The van der Waals surface area contributed by atoms with Crippen molar-refractivity contribution in [1.29, 1.82) is 0 Å². The van der Waals surface area contributed by atoms with Crippen molar-refractivity contribution in [2.24, 2.45) is 58.2 Å². The molecule has 14 unspecified atom stereocenters. The normalized spacial score (nSPS) is 24.4. The number of fused-ring (bicyclic) bond motifs is 5. The van der Waals surface area contributed by atoms with Crippen LogP contribution in [0.1, 0.15) is 178 Å². The fourth-order valence-electron chi connectivity index (χ4n) is 14.7. The highest BCUT2D eigenvalue weighted by Crippen LogP contribution is 2.66. The molecule has 0 saturated heterocycles. The molecule has 6 rings (SSSR count). The lowest BCUT2D eigenvalue weighted by molar-refractivity contribution is -0.134. The Labute approximate surface area is 539 Å². The molecule has 504 valence electrons. The Bertz CT molecular complexity index is 2800. The van der Waals surface area contributed by atoms with Gasteiger partial charge in [-0.2, -0.15) is 0 Å². The van der Waals surface area contributed by atoms with Crippen LogP contribution in [-0.4, -0.2) is 121 Å². The molecule has 91 heavy (non-hydrogen) atoms. The number of rotatable bonds is 30. The molecule has 0 heterocycles. The molecule has 0 aromatic heterocycles. The van der Waals surface area contributed by atoms with Crippen LogP contribution in [-0.2, 0) is 61.0 Å². The van der Waals surface area contributed by atoms with Gasteiger partial charge in [0.25, 0.3) is 0 Å². The van der Waals surface area contributed by atoms with Gasteiger partial charge >= 0.3 is 12.2 Å². The monoisotopic (exact) mass is 1270 g/mol. The van der Waals surface area contributed by atoms with Crippen LogP contribution in [0.5, 0.6) is 0 Å². The van der Waals surface area contributed by atoms with Gasteiger partial charge in [-0.3, -0.25) is 38.4 Å². The topological polar surface area (TPSA) is 309 Å². The third-order valence-electron chi connectivity index (χ3n) is 19.5. The molecule has 2 aromatic carbocycles. The predicted molar refractivity (Wildman–Crippen MR) is 346 cm³/mol. The fraction of sp³-hybridized carbons (Fsp3) is 0.681. The van der Waals surface area contributed by atoms with Gasteiger partial charge in [-0.25, -0.2) is 9.59 Å². The number of hydrogen-bond acceptors (Lipinski definition) is 12. The van der Waals surface area contributed by atoms with Crippen molar-refractivity contribution in [3.05, 3.63) is 71.8 Å². The zero-order valence-electron chi connectivity index (χ0n) is 55.9. The lowest BCUT2D eigenvalue weighted by atomic mass is 9.45. The maximum atomic E-state index is 13.9. The van der Waals surface area contributed by atoms with Crippen molar-refractivity contribution in [2.45, 2.75) is 228 Å². The third-order valence-corrected chi connectivity index (χ3v) is 19.5. The highest BCUT2D eigenvalue weighted by Gasteiger charge is 2.60. The molecule has 4 aliphatic carbocycles. The SMILES string of the molecule is CC(C)CC(NC(=O)C(C)NC(=O)OCc1ccccc1)C(=O)NC(CC(C)C)C(=O)NCC(=O)NC1CCC2(C)C(CCC3C2CCC2(C)C(NC(=O)CNC(=O)C(CC(C)C)NC(=O)C(CC(C)C)NC(=O)C(C)NC(=O)OCc4ccccc4)CCC32)C1. The lowest BCUT2D eigenvalue weighted by Crippen LogP contribution is -2.58. The van der Waals surface area contributed by atoms with Crippen molar-refractivity contribution >= 4 is 59.4 Å². The summed E-state index contributed by atoms with van der Waals surface area (Å²) in [7, 11) is 0. The van der Waals surface area contributed by atoms with Gasteiger partial charge in [0.15, 0.2) is 0 Å². The minimum atomic E-state index is -1.02. The van der Waals surface area contributed by atoms with Crippen molar-refractivity contribution in [3.63, 3.8) is 0 Å². The smallest absolute Gasteiger partial charge is 0.408 e. The van der Waals surface area contributed by atoms with Crippen molar-refractivity contribution in [2.75, 3.05) is 13.1 Å². The molecule has 22 heteroatoms. The molecular formula is C69H106N10O12. The number of carbonyl (C=O) groups is 10. The summed E-state index contributed by atoms with van der Waals surface area (Å²) >= 11 is 0. The first-order valence-electron chi connectivity index (χ1n) is 33.3. The summed E-state index contributed by atoms with van der Waals surface area (Å²) in [4.78, 5) is 134. The van der Waals surface area contributed by atoms with Crippen LogP contribution in [0, 0.1) is 58.2 Å². The van der Waals surface area contributed by atoms with E-state index in [2.05, 4.69) is 67.0 Å². The first kappa shape index (κ1) is 72.8. The summed E-state index contributed by atoms with van der Waals surface area (Å²) in [6, 6.07) is 12.1. The van der Waals surface area contributed by atoms with E-state index in [0.717, 1.165) is 68.9 Å². The Hall–Kier alpha value is -7.26. The minimum absolute atomic E-state index is 0.00445. The van der Waals surface area contributed by atoms with Gasteiger partial charge in [0.1, 0.15) is 49.5 Å². The van der Waals surface area contributed by atoms with Crippen LogP contribution < -0.4 is 53.2 Å². The Kier molecular flexibility index (Phi) is 27.1. The fourth-order valence-corrected chi connectivity index (χ4v) is 14.7. The van der Waals surface area contributed by atoms with E-state index in [1.807, 2.05) is 116 Å². The van der Waals surface area contributed by atoms with E-state index in [-0.39, 0.29) is 97.5 Å². The Morgan fingerprint density at radius 2 is 0.835 bits per heavy atom. The van der Waals surface area contributed by atoms with E-state index in [1.165, 1.54) is 13.8 Å². The molecule has 0 spiro atoms. The second-order valence-corrected chi connectivity index (χ2v) is 28.5. The van der Waals surface area contributed by atoms with Gasteiger partial charge in [-0.05, 0) is 167 Å². The Morgan fingerprint density at radius 3 is 1.27 bits per heavy atom. The van der Waals surface area contributed by atoms with E-state index in [9.17, 15) is 47.9 Å². The van der Waals surface area contributed by atoms with Gasteiger partial charge in [0.05, 0.1) is 13.1 Å². The van der Waals surface area contributed by atoms with Crippen LogP contribution in [0.25, 0.3) is 0 Å². The summed E-state index contributed by atoms with van der Waals surface area (Å²) < 4.78 is 10.5. The third kappa shape index (κ3) is 21.4. The largest absolute Gasteiger partial charge is 0.445 e. The van der Waals surface area contributed by atoms with Crippen LogP contribution in [0.3, 0.4) is 0 Å². The summed E-state index contributed by atoms with van der Waals surface area (Å²) in [5.41, 5.74) is 1.53. The number of amides is 10. The quantitative estimate of drug-likeness (QED) is 0.0379. The maximum absolute atomic E-state index is 13.9. The van der Waals surface area contributed by atoms with Crippen molar-refractivity contribution in [1.82, 2.24) is 53.2 Å². The van der Waals surface area contributed by atoms with E-state index >= 15 is 0 Å². The van der Waals surface area contributed by atoms with Gasteiger partial charge in [0, 0.05) is 12.1 Å². The highest BCUT2D eigenvalue weighted by atomic mass is 16.6. The van der Waals surface area contributed by atoms with Crippen molar-refractivity contribution in [3.8, 4) is 0 Å². The highest BCUT2D eigenvalue weighted by molar-refractivity contribution is 5.96. The second-order valence-electron chi connectivity index (χ2n) is 28.5. The average Bonchev–Trinajstić information content (AvgIpc) is 1.71. The number of carbonyl (C=O) groups excluding carboxylic acids is 10. The van der Waals surface area contributed by atoms with Gasteiger partial charge in [0.2, 0.25) is 47.3 Å². The molecule has 10 amide bonds. The molecule has 2 aromatic rings. The molecule has 10 N–H and O–H groups in total. The molecule has 4 aliphatic rings. The van der Waals surface area contributed by atoms with Crippen LogP contribution in [0.15, 0.2) is 60.7 Å². The second kappa shape index (κ2) is 33.9. The average molecular weight is 1270 g/mol. The lowest BCUT2D eigenvalue weighted by Gasteiger charge is -2.61. The van der Waals surface area contributed by atoms with E-state index < -0.39 is 83.9 Å². The molecule has 0 radical (unpaired) electrons. The summed E-state index contributed by atoms with van der Waals surface area (Å²) in [5, 5.41) is 28.3. The van der Waals surface area contributed by atoms with Crippen LogP contribution in [0.2, 0.25) is 0 Å². The zero-order valence-corrected chi connectivity index (χ0v) is 55.9. The van der Waals surface area contributed by atoms with Gasteiger partial charge < -0.3 is 62.6 Å². The first-order chi connectivity index (χ1) is 43.0. The Morgan fingerprint density at radius 1 is 0.440 bits per heavy atom. The number of nitrogens with one attached hydrogen (secondary N) is 10. The van der Waals surface area contributed by atoms with Crippen LogP contribution >= 0.6 is 0 Å². The molecule has 4 saturated carbocycles. The predicted octanol–water partition coefficient (Wildman–Crippen LogP) is 6.98. The summed E-state index contributed by atoms with van der Waals surface area (Å²) in [6.07, 6.45) is 8.08. The molecular weight excluding hydrogens is 1160 g/mol. The molecule has 22 nitrogen and oxygen atoms in total. The van der Waals surface area contributed by atoms with Crippen molar-refractivity contribution < 1.29 is 57.4 Å². The molecule has 0 aliphatic heterocycles. The first-order valence-corrected chi connectivity index (χ1v) is 33.3. The van der Waals surface area contributed by atoms with Gasteiger partial charge in [-0.1, -0.05) is 130 Å². The number of benzene rings is 2. The molecule has 14 atom stereocenters. The maximum Gasteiger partial charge on any atom is 0.408 e. The summed E-state index contributed by atoms with van der Waals surface area (Å²) in [6.45, 7) is 22.6. The summed E-state index contributed by atoms with van der Waals surface area (Å²) in [5.74, 6) is -2.07. The zero-order chi connectivity index (χ0) is 66.7. The van der Waals surface area contributed by atoms with Gasteiger partial charge in [-0.15, -0.1) is 0 Å². The number of hydrogen-bond donors (Lipinski definition) is 10. The molecule has 4 fully saturated rings. The van der Waals surface area contributed by atoms with E-state index in [1.54, 1.807) is 0 Å².